The normalized spacial score (nSPS) is 12.0. The molecule has 3 heteroatoms. The van der Waals surface area contributed by atoms with E-state index >= 15 is 0 Å². The smallest absolute Gasteiger partial charge is 0.191 e. The van der Waals surface area contributed by atoms with Crippen LogP contribution in [-0.2, 0) is 0 Å². The molecule has 0 aliphatic carbocycles. The molecule has 0 saturated carbocycles. The number of para-hydroxylation sites is 1. The zero-order valence-corrected chi connectivity index (χ0v) is 14.6. The van der Waals surface area contributed by atoms with Gasteiger partial charge in [-0.3, -0.25) is 4.79 Å². The van der Waals surface area contributed by atoms with Crippen molar-refractivity contribution < 1.29 is 4.79 Å². The lowest BCUT2D eigenvalue weighted by molar-refractivity contribution is 0.0971. The van der Waals surface area contributed by atoms with Crippen LogP contribution >= 0.6 is 0 Å². The second-order valence-corrected chi connectivity index (χ2v) is 6.47. The first-order valence-corrected chi connectivity index (χ1v) is 8.71. The average Bonchev–Trinajstić information content (AvgIpc) is 3.10. The van der Waals surface area contributed by atoms with Crippen molar-refractivity contribution in [2.75, 3.05) is 5.32 Å². The molecule has 0 unspecified atom stereocenters. The summed E-state index contributed by atoms with van der Waals surface area (Å²) in [5.74, 6) is 0.0511. The molecule has 3 aromatic carbocycles. The molecule has 128 valence electrons. The molecule has 0 spiro atoms. The molecule has 1 heterocycles. The lowest BCUT2D eigenvalue weighted by Gasteiger charge is -2.19. The van der Waals surface area contributed by atoms with E-state index in [4.69, 9.17) is 0 Å². The van der Waals surface area contributed by atoms with E-state index in [0.29, 0.717) is 5.56 Å². The molecule has 1 atom stereocenters. The van der Waals surface area contributed by atoms with Crippen molar-refractivity contribution in [3.8, 4) is 0 Å². The van der Waals surface area contributed by atoms with Gasteiger partial charge in [-0.2, -0.15) is 0 Å². The number of fused-ring (bicyclic) bond motifs is 1. The van der Waals surface area contributed by atoms with Gasteiger partial charge < -0.3 is 10.3 Å². The highest BCUT2D eigenvalue weighted by Gasteiger charge is 2.24. The Labute approximate surface area is 152 Å². The molecular formula is C23H20N2O. The molecule has 2 N–H and O–H groups in total. The van der Waals surface area contributed by atoms with Gasteiger partial charge >= 0.3 is 0 Å². The second-order valence-electron chi connectivity index (χ2n) is 6.47. The predicted molar refractivity (Wildman–Crippen MR) is 107 cm³/mol. The van der Waals surface area contributed by atoms with E-state index in [9.17, 15) is 4.79 Å². The standard InChI is InChI=1S/C23H20N2O/c1-16-8-7-11-18(14-16)25-22(17-9-3-2-4-10-17)23(26)20-15-24-21-13-6-5-12-19(20)21/h2-15,22,24-25H,1H3/t22-/m1/s1. The van der Waals surface area contributed by atoms with Crippen LogP contribution in [0.15, 0.2) is 85.1 Å². The van der Waals surface area contributed by atoms with E-state index in [-0.39, 0.29) is 5.78 Å². The van der Waals surface area contributed by atoms with Crippen molar-refractivity contribution in [1.82, 2.24) is 4.98 Å². The Morgan fingerprint density at radius 1 is 0.923 bits per heavy atom. The number of benzene rings is 3. The molecule has 0 radical (unpaired) electrons. The topological polar surface area (TPSA) is 44.9 Å². The quantitative estimate of drug-likeness (QED) is 0.470. The number of hydrogen-bond acceptors (Lipinski definition) is 2. The molecule has 0 aliphatic rings. The number of rotatable bonds is 5. The number of aromatic nitrogens is 1. The van der Waals surface area contributed by atoms with Crippen LogP contribution in [0.2, 0.25) is 0 Å². The van der Waals surface area contributed by atoms with Crippen LogP contribution in [0.25, 0.3) is 10.9 Å². The summed E-state index contributed by atoms with van der Waals surface area (Å²) < 4.78 is 0. The first kappa shape index (κ1) is 16.2. The highest BCUT2D eigenvalue weighted by atomic mass is 16.1. The fourth-order valence-corrected chi connectivity index (χ4v) is 3.28. The summed E-state index contributed by atoms with van der Waals surface area (Å²) in [4.78, 5) is 16.6. The fraction of sp³-hybridized carbons (Fsp3) is 0.0870. The van der Waals surface area contributed by atoms with Crippen LogP contribution in [-0.4, -0.2) is 10.8 Å². The van der Waals surface area contributed by atoms with Crippen molar-refractivity contribution in [1.29, 1.82) is 0 Å². The number of carbonyl (C=O) groups is 1. The van der Waals surface area contributed by atoms with Crippen LogP contribution in [0.5, 0.6) is 0 Å². The molecule has 0 bridgehead atoms. The minimum Gasteiger partial charge on any atom is -0.371 e. The number of aromatic amines is 1. The van der Waals surface area contributed by atoms with Gasteiger partial charge in [0.25, 0.3) is 0 Å². The van der Waals surface area contributed by atoms with Gasteiger partial charge in [0, 0.05) is 28.4 Å². The molecular weight excluding hydrogens is 320 g/mol. The number of carbonyl (C=O) groups excluding carboxylic acids is 1. The lowest BCUT2D eigenvalue weighted by Crippen LogP contribution is -2.21. The van der Waals surface area contributed by atoms with E-state index in [1.165, 1.54) is 0 Å². The minimum atomic E-state index is -0.447. The Kier molecular flexibility index (Phi) is 4.28. The molecule has 0 aliphatic heterocycles. The second kappa shape index (κ2) is 6.89. The summed E-state index contributed by atoms with van der Waals surface area (Å²) in [6, 6.07) is 25.4. The number of H-pyrrole nitrogens is 1. The maximum atomic E-state index is 13.4. The Hall–Kier alpha value is -3.33. The summed E-state index contributed by atoms with van der Waals surface area (Å²) in [5.41, 5.74) is 4.71. The SMILES string of the molecule is Cc1cccc(N[C@@H](C(=O)c2c[nH]c3ccccc23)c2ccccc2)c1. The van der Waals surface area contributed by atoms with Crippen LogP contribution < -0.4 is 5.32 Å². The molecule has 1 aromatic heterocycles. The van der Waals surface area contributed by atoms with Gasteiger partial charge in [0.15, 0.2) is 5.78 Å². The number of ketones is 1. The van der Waals surface area contributed by atoms with Gasteiger partial charge in [0.2, 0.25) is 0 Å². The Morgan fingerprint density at radius 2 is 1.69 bits per heavy atom. The third kappa shape index (κ3) is 3.11. The van der Waals surface area contributed by atoms with Crippen LogP contribution in [0.4, 0.5) is 5.69 Å². The van der Waals surface area contributed by atoms with Crippen molar-refractivity contribution in [3.05, 3.63) is 102 Å². The maximum Gasteiger partial charge on any atom is 0.191 e. The van der Waals surface area contributed by atoms with E-state index in [1.54, 1.807) is 6.20 Å². The number of hydrogen-bond donors (Lipinski definition) is 2. The van der Waals surface area contributed by atoms with E-state index in [2.05, 4.69) is 16.4 Å². The van der Waals surface area contributed by atoms with Crippen molar-refractivity contribution in [2.24, 2.45) is 0 Å². The van der Waals surface area contributed by atoms with E-state index in [0.717, 1.165) is 27.7 Å². The minimum absolute atomic E-state index is 0.0511. The third-order valence-electron chi connectivity index (χ3n) is 4.58. The van der Waals surface area contributed by atoms with Crippen molar-refractivity contribution >= 4 is 22.4 Å². The summed E-state index contributed by atoms with van der Waals surface area (Å²) in [6.45, 7) is 2.05. The third-order valence-corrected chi connectivity index (χ3v) is 4.58. The largest absolute Gasteiger partial charge is 0.371 e. The Morgan fingerprint density at radius 3 is 2.50 bits per heavy atom. The number of nitrogens with one attached hydrogen (secondary N) is 2. The molecule has 0 fully saturated rings. The number of Topliss-reactive ketones (excluding diaryl/α,β-unsaturated/α-hetero) is 1. The summed E-state index contributed by atoms with van der Waals surface area (Å²) >= 11 is 0. The highest BCUT2D eigenvalue weighted by Crippen LogP contribution is 2.27. The number of anilines is 1. The van der Waals surface area contributed by atoms with Crippen LogP contribution in [0, 0.1) is 6.92 Å². The molecule has 4 rings (SSSR count). The van der Waals surface area contributed by atoms with Gasteiger partial charge in [-0.25, -0.2) is 0 Å². The Balaban J connectivity index is 1.76. The predicted octanol–water partition coefficient (Wildman–Crippen LogP) is 5.51. The van der Waals surface area contributed by atoms with Crippen molar-refractivity contribution in [3.63, 3.8) is 0 Å². The van der Waals surface area contributed by atoms with Crippen LogP contribution in [0.1, 0.15) is 27.5 Å². The monoisotopic (exact) mass is 340 g/mol. The average molecular weight is 340 g/mol. The maximum absolute atomic E-state index is 13.4. The Bertz CT molecular complexity index is 1050. The highest BCUT2D eigenvalue weighted by molar-refractivity contribution is 6.11. The zero-order valence-electron chi connectivity index (χ0n) is 14.6. The number of aryl methyl sites for hydroxylation is 1. The first-order chi connectivity index (χ1) is 12.7. The van der Waals surface area contributed by atoms with Gasteiger partial charge in [-0.15, -0.1) is 0 Å². The fourth-order valence-electron chi connectivity index (χ4n) is 3.28. The van der Waals surface area contributed by atoms with E-state index in [1.807, 2.05) is 79.7 Å². The van der Waals surface area contributed by atoms with Gasteiger partial charge in [0.05, 0.1) is 0 Å². The van der Waals surface area contributed by atoms with E-state index < -0.39 is 6.04 Å². The summed E-state index contributed by atoms with van der Waals surface area (Å²) in [7, 11) is 0. The molecule has 26 heavy (non-hydrogen) atoms. The van der Waals surface area contributed by atoms with Crippen molar-refractivity contribution in [2.45, 2.75) is 13.0 Å². The molecule has 4 aromatic rings. The van der Waals surface area contributed by atoms with Gasteiger partial charge in [-0.05, 0) is 36.2 Å². The molecule has 0 amide bonds. The molecule has 3 nitrogen and oxygen atoms in total. The lowest BCUT2D eigenvalue weighted by atomic mass is 9.96. The van der Waals surface area contributed by atoms with Crippen LogP contribution in [0.3, 0.4) is 0 Å². The zero-order chi connectivity index (χ0) is 17.9. The first-order valence-electron chi connectivity index (χ1n) is 8.71. The summed E-state index contributed by atoms with van der Waals surface area (Å²) in [5, 5.41) is 4.37. The summed E-state index contributed by atoms with van der Waals surface area (Å²) in [6.07, 6.45) is 1.81. The molecule has 0 saturated heterocycles. The van der Waals surface area contributed by atoms with Gasteiger partial charge in [-0.1, -0.05) is 60.7 Å². The van der Waals surface area contributed by atoms with Gasteiger partial charge in [0.1, 0.15) is 6.04 Å².